The fourth-order valence-electron chi connectivity index (χ4n) is 2.03. The number of amides is 1. The number of hydrogen-bond donors (Lipinski definition) is 1. The maximum absolute atomic E-state index is 12.4. The monoisotopic (exact) mass is 393 g/mol. The Labute approximate surface area is 158 Å². The number of tetrazole rings is 1. The van der Waals surface area contributed by atoms with Crippen LogP contribution in [0.3, 0.4) is 0 Å². The van der Waals surface area contributed by atoms with Crippen molar-refractivity contribution in [3.8, 4) is 5.69 Å². The molecule has 0 aliphatic heterocycles. The number of carbonyl (C=O) groups is 1. The van der Waals surface area contributed by atoms with E-state index < -0.39 is 5.25 Å². The van der Waals surface area contributed by atoms with Gasteiger partial charge in [-0.25, -0.2) is 0 Å². The number of anilines is 1. The predicted octanol–water partition coefficient (Wildman–Crippen LogP) is 4.09. The van der Waals surface area contributed by atoms with Crippen molar-refractivity contribution >= 4 is 46.6 Å². The molecular formula is C16H13Cl2N5OS. The first-order valence-corrected chi connectivity index (χ1v) is 8.95. The zero-order valence-corrected chi connectivity index (χ0v) is 15.4. The molecule has 0 aliphatic rings. The van der Waals surface area contributed by atoms with Crippen LogP contribution in [0.15, 0.2) is 53.7 Å². The normalized spacial score (nSPS) is 12.0. The minimum atomic E-state index is -0.441. The molecule has 9 heteroatoms. The highest BCUT2D eigenvalue weighted by Gasteiger charge is 2.20. The van der Waals surface area contributed by atoms with Gasteiger partial charge >= 0.3 is 0 Å². The molecule has 1 atom stereocenters. The number of halogens is 2. The molecule has 1 heterocycles. The van der Waals surface area contributed by atoms with Gasteiger partial charge in [0.25, 0.3) is 0 Å². The van der Waals surface area contributed by atoms with E-state index >= 15 is 0 Å². The minimum Gasteiger partial charge on any atom is -0.324 e. The lowest BCUT2D eigenvalue weighted by atomic mass is 10.3. The number of carbonyl (C=O) groups excluding carboxylic acids is 1. The topological polar surface area (TPSA) is 72.7 Å². The maximum Gasteiger partial charge on any atom is 0.237 e. The molecule has 2 aromatic carbocycles. The summed E-state index contributed by atoms with van der Waals surface area (Å²) in [5.74, 6) is -0.225. The van der Waals surface area contributed by atoms with Crippen LogP contribution < -0.4 is 5.32 Å². The zero-order chi connectivity index (χ0) is 17.8. The number of nitrogens with zero attached hydrogens (tertiary/aromatic N) is 4. The highest BCUT2D eigenvalue weighted by molar-refractivity contribution is 8.00. The van der Waals surface area contributed by atoms with Crippen molar-refractivity contribution < 1.29 is 4.79 Å². The molecular weight excluding hydrogens is 381 g/mol. The first-order chi connectivity index (χ1) is 12.1. The number of aromatic nitrogens is 4. The molecule has 0 spiro atoms. The lowest BCUT2D eigenvalue weighted by Gasteiger charge is -2.13. The lowest BCUT2D eigenvalue weighted by Crippen LogP contribution is -2.23. The number of thioether (sulfide) groups is 1. The lowest BCUT2D eigenvalue weighted by molar-refractivity contribution is -0.115. The summed E-state index contributed by atoms with van der Waals surface area (Å²) in [5, 5.41) is 15.2. The van der Waals surface area contributed by atoms with Crippen molar-refractivity contribution in [3.05, 3.63) is 58.6 Å². The molecule has 0 aliphatic carbocycles. The summed E-state index contributed by atoms with van der Waals surface area (Å²) in [6, 6.07) is 14.5. The average Bonchev–Trinajstić information content (AvgIpc) is 3.07. The Morgan fingerprint density at radius 3 is 2.68 bits per heavy atom. The van der Waals surface area contributed by atoms with Crippen molar-refractivity contribution in [2.45, 2.75) is 17.3 Å². The summed E-state index contributed by atoms with van der Waals surface area (Å²) < 4.78 is 1.58. The van der Waals surface area contributed by atoms with Gasteiger partial charge in [0.2, 0.25) is 11.1 Å². The van der Waals surface area contributed by atoms with E-state index in [-0.39, 0.29) is 5.91 Å². The van der Waals surface area contributed by atoms with Gasteiger partial charge < -0.3 is 5.32 Å². The van der Waals surface area contributed by atoms with Crippen LogP contribution in [0.25, 0.3) is 5.69 Å². The summed E-state index contributed by atoms with van der Waals surface area (Å²) in [7, 11) is 0. The Morgan fingerprint density at radius 2 is 1.92 bits per heavy atom. The highest BCUT2D eigenvalue weighted by Crippen LogP contribution is 2.30. The van der Waals surface area contributed by atoms with E-state index in [4.69, 9.17) is 23.2 Å². The first-order valence-electron chi connectivity index (χ1n) is 7.31. The predicted molar refractivity (Wildman–Crippen MR) is 99.6 cm³/mol. The second-order valence-electron chi connectivity index (χ2n) is 5.06. The Bertz CT molecular complexity index is 887. The Kier molecular flexibility index (Phi) is 5.57. The summed E-state index contributed by atoms with van der Waals surface area (Å²) >= 11 is 13.3. The van der Waals surface area contributed by atoms with E-state index in [1.807, 2.05) is 30.3 Å². The van der Waals surface area contributed by atoms with Crippen LogP contribution in [0.5, 0.6) is 0 Å². The summed E-state index contributed by atoms with van der Waals surface area (Å²) in [5.41, 5.74) is 1.29. The molecule has 1 aromatic heterocycles. The number of hydrogen-bond acceptors (Lipinski definition) is 5. The van der Waals surface area contributed by atoms with Crippen molar-refractivity contribution in [3.63, 3.8) is 0 Å². The molecule has 25 heavy (non-hydrogen) atoms. The van der Waals surface area contributed by atoms with Crippen LogP contribution >= 0.6 is 35.0 Å². The number of para-hydroxylation sites is 1. The SMILES string of the molecule is C[C@H](Sc1nnnn1-c1ccccc1)C(=O)Nc1cccc(Cl)c1Cl. The number of benzene rings is 2. The minimum absolute atomic E-state index is 0.225. The van der Waals surface area contributed by atoms with Crippen molar-refractivity contribution in [2.24, 2.45) is 0 Å². The quantitative estimate of drug-likeness (QED) is 0.660. The van der Waals surface area contributed by atoms with Gasteiger partial charge in [-0.2, -0.15) is 4.68 Å². The molecule has 3 aromatic rings. The number of rotatable bonds is 5. The van der Waals surface area contributed by atoms with E-state index in [2.05, 4.69) is 20.8 Å². The molecule has 6 nitrogen and oxygen atoms in total. The molecule has 0 bridgehead atoms. The maximum atomic E-state index is 12.4. The van der Waals surface area contributed by atoms with Gasteiger partial charge in [-0.05, 0) is 41.6 Å². The van der Waals surface area contributed by atoms with E-state index in [0.717, 1.165) is 5.69 Å². The standard InChI is InChI=1S/C16H13Cl2N5OS/c1-10(15(24)19-13-9-5-8-12(17)14(13)18)25-16-20-21-22-23(16)11-6-3-2-4-7-11/h2-10H,1H3,(H,19,24)/t10-/m0/s1. The molecule has 0 fully saturated rings. The zero-order valence-electron chi connectivity index (χ0n) is 13.1. The smallest absolute Gasteiger partial charge is 0.237 e. The Morgan fingerprint density at radius 1 is 1.16 bits per heavy atom. The van der Waals surface area contributed by atoms with Gasteiger partial charge in [0.05, 0.1) is 26.7 Å². The van der Waals surface area contributed by atoms with Gasteiger partial charge in [0, 0.05) is 0 Å². The van der Waals surface area contributed by atoms with Crippen molar-refractivity contribution in [2.75, 3.05) is 5.32 Å². The van der Waals surface area contributed by atoms with E-state index in [9.17, 15) is 4.79 Å². The van der Waals surface area contributed by atoms with Gasteiger partial charge in [-0.1, -0.05) is 59.2 Å². The molecule has 3 rings (SSSR count). The van der Waals surface area contributed by atoms with Crippen molar-refractivity contribution in [1.29, 1.82) is 0 Å². The molecule has 0 unspecified atom stereocenters. The Hall–Kier alpha value is -2.09. The summed E-state index contributed by atoms with van der Waals surface area (Å²) in [6.45, 7) is 1.77. The fourth-order valence-corrected chi connectivity index (χ4v) is 3.19. The second-order valence-corrected chi connectivity index (χ2v) is 7.15. The summed E-state index contributed by atoms with van der Waals surface area (Å²) in [4.78, 5) is 12.4. The molecule has 0 radical (unpaired) electrons. The molecule has 0 saturated carbocycles. The van der Waals surface area contributed by atoms with E-state index in [1.165, 1.54) is 11.8 Å². The van der Waals surface area contributed by atoms with Crippen LogP contribution in [-0.2, 0) is 4.79 Å². The Balaban J connectivity index is 1.73. The largest absolute Gasteiger partial charge is 0.324 e. The molecule has 1 amide bonds. The highest BCUT2D eigenvalue weighted by atomic mass is 35.5. The third kappa shape index (κ3) is 4.12. The van der Waals surface area contributed by atoms with Crippen LogP contribution in [-0.4, -0.2) is 31.4 Å². The third-order valence-electron chi connectivity index (χ3n) is 3.30. The fraction of sp³-hybridized carbons (Fsp3) is 0.125. The van der Waals surface area contributed by atoms with E-state index in [1.54, 1.807) is 29.8 Å². The van der Waals surface area contributed by atoms with Gasteiger partial charge in [0.15, 0.2) is 0 Å². The second kappa shape index (κ2) is 7.86. The van der Waals surface area contributed by atoms with Gasteiger partial charge in [0.1, 0.15) is 0 Å². The van der Waals surface area contributed by atoms with Crippen LogP contribution in [0.2, 0.25) is 10.0 Å². The summed E-state index contributed by atoms with van der Waals surface area (Å²) in [6.07, 6.45) is 0. The molecule has 1 N–H and O–H groups in total. The molecule has 0 saturated heterocycles. The van der Waals surface area contributed by atoms with Gasteiger partial charge in [-0.3, -0.25) is 4.79 Å². The van der Waals surface area contributed by atoms with Crippen molar-refractivity contribution in [1.82, 2.24) is 20.2 Å². The van der Waals surface area contributed by atoms with Crippen LogP contribution in [0.1, 0.15) is 6.92 Å². The molecule has 128 valence electrons. The third-order valence-corrected chi connectivity index (χ3v) is 5.15. The number of nitrogens with one attached hydrogen (secondary N) is 1. The average molecular weight is 394 g/mol. The van der Waals surface area contributed by atoms with Gasteiger partial charge in [-0.15, -0.1) is 5.10 Å². The van der Waals surface area contributed by atoms with Crippen LogP contribution in [0, 0.1) is 0 Å². The van der Waals surface area contributed by atoms with Crippen LogP contribution in [0.4, 0.5) is 5.69 Å². The van der Waals surface area contributed by atoms with E-state index in [0.29, 0.717) is 20.9 Å². The first kappa shape index (κ1) is 17.7.